The number of rotatable bonds is 6. The summed E-state index contributed by atoms with van der Waals surface area (Å²) in [6.45, 7) is 1.90. The molecule has 0 aliphatic carbocycles. The Kier molecular flexibility index (Phi) is 7.13. The van der Waals surface area contributed by atoms with Crippen molar-refractivity contribution < 1.29 is 13.2 Å². The molecule has 150 valence electrons. The molecule has 0 aromatic heterocycles. The number of benzene rings is 2. The van der Waals surface area contributed by atoms with Gasteiger partial charge in [0.1, 0.15) is 5.75 Å². The third kappa shape index (κ3) is 6.07. The number of carbonyl (C=O) groups excluding carboxylic acids is 1. The van der Waals surface area contributed by atoms with Crippen LogP contribution < -0.4 is 10.2 Å². The number of carbonyl (C=O) groups is 1. The van der Waals surface area contributed by atoms with Crippen molar-refractivity contribution in [2.45, 2.75) is 31.4 Å². The van der Waals surface area contributed by atoms with Gasteiger partial charge in [-0.2, -0.15) is 0 Å². The first kappa shape index (κ1) is 20.9. The number of sulfone groups is 1. The summed E-state index contributed by atoms with van der Waals surface area (Å²) in [6.07, 6.45) is 4.70. The molecule has 1 aliphatic heterocycles. The van der Waals surface area contributed by atoms with Gasteiger partial charge in [-0.3, -0.25) is 4.79 Å². The monoisotopic (exact) mass is 464 g/mol. The molecule has 0 saturated carbocycles. The summed E-state index contributed by atoms with van der Waals surface area (Å²) in [6, 6.07) is 14.7. The highest BCUT2D eigenvalue weighted by atomic mass is 79.9. The van der Waals surface area contributed by atoms with Crippen LogP contribution in [-0.4, -0.2) is 33.2 Å². The average molecular weight is 465 g/mol. The first-order valence-corrected chi connectivity index (χ1v) is 12.1. The summed E-state index contributed by atoms with van der Waals surface area (Å²) in [5, 5.41) is 2.81. The molecule has 1 fully saturated rings. The lowest BCUT2D eigenvalue weighted by Crippen LogP contribution is -2.28. The number of amides is 1. The van der Waals surface area contributed by atoms with Gasteiger partial charge in [0.2, 0.25) is 5.91 Å². The minimum absolute atomic E-state index is 0.159. The Morgan fingerprint density at radius 2 is 1.71 bits per heavy atom. The topological polar surface area (TPSA) is 66.5 Å². The van der Waals surface area contributed by atoms with E-state index in [1.54, 1.807) is 18.2 Å². The van der Waals surface area contributed by atoms with Crippen LogP contribution in [0.15, 0.2) is 53.0 Å². The van der Waals surface area contributed by atoms with Crippen molar-refractivity contribution in [1.82, 2.24) is 0 Å². The minimum atomic E-state index is -3.56. The van der Waals surface area contributed by atoms with E-state index in [0.29, 0.717) is 11.3 Å². The molecule has 1 amide bonds. The molecule has 2 aromatic carbocycles. The van der Waals surface area contributed by atoms with Gasteiger partial charge in [-0.15, -0.1) is 0 Å². The summed E-state index contributed by atoms with van der Waals surface area (Å²) in [7, 11) is -3.56. The molecule has 0 radical (unpaired) electrons. The first-order valence-electron chi connectivity index (χ1n) is 9.52. The van der Waals surface area contributed by atoms with Gasteiger partial charge in [-0.05, 0) is 42.7 Å². The van der Waals surface area contributed by atoms with E-state index < -0.39 is 21.5 Å². The number of halogens is 1. The van der Waals surface area contributed by atoms with Gasteiger partial charge in [-0.25, -0.2) is 8.42 Å². The number of para-hydroxylation sites is 2. The molecule has 0 bridgehead atoms. The highest BCUT2D eigenvalue weighted by Crippen LogP contribution is 2.28. The molecule has 5 nitrogen and oxygen atoms in total. The van der Waals surface area contributed by atoms with E-state index in [-0.39, 0.29) is 5.75 Å². The first-order chi connectivity index (χ1) is 13.4. The fourth-order valence-electron chi connectivity index (χ4n) is 3.48. The van der Waals surface area contributed by atoms with Gasteiger partial charge in [0, 0.05) is 17.6 Å². The number of hydrogen-bond acceptors (Lipinski definition) is 4. The molecule has 7 heteroatoms. The molecule has 2 aromatic rings. The lowest BCUT2D eigenvalue weighted by molar-refractivity contribution is -0.113. The molecule has 1 heterocycles. The van der Waals surface area contributed by atoms with Crippen LogP contribution in [0, 0.1) is 0 Å². The molecule has 1 saturated heterocycles. The van der Waals surface area contributed by atoms with Crippen molar-refractivity contribution in [1.29, 1.82) is 0 Å². The number of nitrogens with zero attached hydrogens (tertiary/aromatic N) is 1. The van der Waals surface area contributed by atoms with Crippen molar-refractivity contribution in [3.8, 4) is 0 Å². The molecule has 0 spiro atoms. The smallest absolute Gasteiger partial charge is 0.239 e. The zero-order chi connectivity index (χ0) is 20.0. The Morgan fingerprint density at radius 3 is 2.43 bits per heavy atom. The maximum Gasteiger partial charge on any atom is 0.239 e. The molecule has 1 N–H and O–H groups in total. The highest BCUT2D eigenvalue weighted by molar-refractivity contribution is 9.10. The molecule has 0 unspecified atom stereocenters. The van der Waals surface area contributed by atoms with E-state index in [1.165, 1.54) is 12.8 Å². The van der Waals surface area contributed by atoms with Crippen LogP contribution in [0.3, 0.4) is 0 Å². The summed E-state index contributed by atoms with van der Waals surface area (Å²) in [4.78, 5) is 14.7. The second-order valence-electron chi connectivity index (χ2n) is 7.13. The van der Waals surface area contributed by atoms with Crippen molar-refractivity contribution in [2.75, 3.05) is 29.1 Å². The summed E-state index contributed by atoms with van der Waals surface area (Å²) < 4.78 is 25.7. The van der Waals surface area contributed by atoms with Gasteiger partial charge >= 0.3 is 0 Å². The SMILES string of the molecule is O=C(CS(=O)(=O)Cc1cccc(Br)c1)Nc1ccccc1N1CCCCCC1. The Bertz CT molecular complexity index is 923. The van der Waals surface area contributed by atoms with E-state index in [9.17, 15) is 13.2 Å². The zero-order valence-corrected chi connectivity index (χ0v) is 18.1. The predicted molar refractivity (Wildman–Crippen MR) is 117 cm³/mol. The van der Waals surface area contributed by atoms with E-state index in [0.717, 1.165) is 36.1 Å². The Labute approximate surface area is 175 Å². The van der Waals surface area contributed by atoms with E-state index in [2.05, 4.69) is 26.1 Å². The quantitative estimate of drug-likeness (QED) is 0.688. The van der Waals surface area contributed by atoms with Gasteiger partial charge in [0.05, 0.1) is 17.1 Å². The molecule has 0 atom stereocenters. The van der Waals surface area contributed by atoms with E-state index in [1.807, 2.05) is 30.3 Å². The fourth-order valence-corrected chi connectivity index (χ4v) is 5.19. The van der Waals surface area contributed by atoms with E-state index in [4.69, 9.17) is 0 Å². The number of nitrogens with one attached hydrogen (secondary N) is 1. The van der Waals surface area contributed by atoms with Crippen molar-refractivity contribution in [2.24, 2.45) is 0 Å². The lowest BCUT2D eigenvalue weighted by Gasteiger charge is -2.25. The van der Waals surface area contributed by atoms with Gasteiger partial charge in [0.25, 0.3) is 0 Å². The Balaban J connectivity index is 1.67. The molecular formula is C21H25BrN2O3S. The maximum atomic E-state index is 12.5. The lowest BCUT2D eigenvalue weighted by atomic mass is 10.2. The molecular weight excluding hydrogens is 440 g/mol. The molecule has 3 rings (SSSR count). The van der Waals surface area contributed by atoms with Crippen LogP contribution in [-0.2, 0) is 20.4 Å². The standard InChI is InChI=1S/C21H25BrN2O3S/c22-18-9-7-8-17(14-18)15-28(26,27)16-21(25)23-19-10-3-4-11-20(19)24-12-5-1-2-6-13-24/h3-4,7-11,14H,1-2,5-6,12-13,15-16H2,(H,23,25). The maximum absolute atomic E-state index is 12.5. The van der Waals surface area contributed by atoms with Crippen LogP contribution in [0.2, 0.25) is 0 Å². The van der Waals surface area contributed by atoms with Gasteiger partial charge < -0.3 is 10.2 Å². The second-order valence-corrected chi connectivity index (χ2v) is 10.1. The highest BCUT2D eigenvalue weighted by Gasteiger charge is 2.20. The van der Waals surface area contributed by atoms with Gasteiger partial charge in [-0.1, -0.05) is 53.0 Å². The number of hydrogen-bond donors (Lipinski definition) is 1. The normalized spacial score (nSPS) is 15.1. The number of anilines is 2. The minimum Gasteiger partial charge on any atom is -0.370 e. The van der Waals surface area contributed by atoms with Crippen molar-refractivity contribution >= 4 is 43.0 Å². The third-order valence-corrected chi connectivity index (χ3v) is 6.72. The van der Waals surface area contributed by atoms with Crippen LogP contribution in [0.4, 0.5) is 11.4 Å². The van der Waals surface area contributed by atoms with Crippen LogP contribution >= 0.6 is 15.9 Å². The predicted octanol–water partition coefficient (Wildman–Crippen LogP) is 4.38. The van der Waals surface area contributed by atoms with Crippen LogP contribution in [0.1, 0.15) is 31.2 Å². The molecule has 28 heavy (non-hydrogen) atoms. The van der Waals surface area contributed by atoms with Crippen LogP contribution in [0.5, 0.6) is 0 Å². The van der Waals surface area contributed by atoms with Gasteiger partial charge in [0.15, 0.2) is 9.84 Å². The molecule has 1 aliphatic rings. The largest absolute Gasteiger partial charge is 0.370 e. The van der Waals surface area contributed by atoms with E-state index >= 15 is 0 Å². The Hall–Kier alpha value is -1.86. The summed E-state index contributed by atoms with van der Waals surface area (Å²) in [5.74, 6) is -1.20. The fraction of sp³-hybridized carbons (Fsp3) is 0.381. The van der Waals surface area contributed by atoms with Crippen molar-refractivity contribution in [3.05, 3.63) is 58.6 Å². The summed E-state index contributed by atoms with van der Waals surface area (Å²) >= 11 is 3.34. The van der Waals surface area contributed by atoms with Crippen LogP contribution in [0.25, 0.3) is 0 Å². The third-order valence-electron chi connectivity index (χ3n) is 4.75. The Morgan fingerprint density at radius 1 is 1.00 bits per heavy atom. The zero-order valence-electron chi connectivity index (χ0n) is 15.7. The summed E-state index contributed by atoms with van der Waals surface area (Å²) in [5.41, 5.74) is 2.29. The average Bonchev–Trinajstić information content (AvgIpc) is 2.90. The second kappa shape index (κ2) is 9.56. The van der Waals surface area contributed by atoms with Crippen molar-refractivity contribution in [3.63, 3.8) is 0 Å².